The van der Waals surface area contributed by atoms with Gasteiger partial charge >= 0.3 is 11.9 Å². The fraction of sp³-hybridized carbons (Fsp3) is 0.100. The van der Waals surface area contributed by atoms with Crippen LogP contribution in [-0.2, 0) is 12.8 Å². The molecule has 62 heavy (non-hydrogen) atoms. The standard InChI is InChI=1S/C32H23Cl2NO2.C9H8N2.C9H8O4.ClH/c33-22-16-21(17-23(34)18-22)32(37)35-24-11-8-20(9-12-24)31(36)30-7-3-6-26-28-13-10-19-4-1-2-5-25(19)27(28)14-15-29(26)30;1-2-4-9-8(3-1)7-10-5-6-11-9;1-5-2-3-6(8(10)11)4-7(5)9(12)13;/h1-2,4-5,8-12,14-18H,3,6-7,13H2,(H,35,37);1-7,11H;2-4H,1H3,(H,10,11)(H,12,13);1H. The third kappa shape index (κ3) is 10.4. The second-order valence-corrected chi connectivity index (χ2v) is 15.3. The fourth-order valence-electron chi connectivity index (χ4n) is 7.48. The highest BCUT2D eigenvalue weighted by molar-refractivity contribution is 6.35. The minimum Gasteiger partial charge on any atom is -0.478 e. The summed E-state index contributed by atoms with van der Waals surface area (Å²) in [5, 5.41) is 28.9. The van der Waals surface area contributed by atoms with E-state index in [4.69, 9.17) is 33.4 Å². The highest BCUT2D eigenvalue weighted by atomic mass is 35.5. The molecule has 3 aliphatic rings. The van der Waals surface area contributed by atoms with Crippen LogP contribution < -0.4 is 21.1 Å². The zero-order valence-electron chi connectivity index (χ0n) is 33.3. The maximum atomic E-state index is 13.6. The van der Waals surface area contributed by atoms with E-state index in [1.54, 1.807) is 55.6 Å². The van der Waals surface area contributed by atoms with E-state index in [9.17, 15) is 19.2 Å². The van der Waals surface area contributed by atoms with Gasteiger partial charge in [-0.1, -0.05) is 89.9 Å². The lowest BCUT2D eigenvalue weighted by Crippen LogP contribution is -2.25. The average molecular weight is 885 g/mol. The minimum atomic E-state index is -1.12. The number of halogens is 3. The molecular formula is C50H40Cl3N3O6. The van der Waals surface area contributed by atoms with Gasteiger partial charge in [-0.25, -0.2) is 9.59 Å². The van der Waals surface area contributed by atoms with Gasteiger partial charge in [-0.2, -0.15) is 0 Å². The second kappa shape index (κ2) is 20.2. The number of fused-ring (bicyclic) bond motifs is 5. The molecular weight excluding hydrogens is 845 g/mol. The molecule has 4 N–H and O–H groups in total. The number of amides is 1. The van der Waals surface area contributed by atoms with E-state index in [1.807, 2.05) is 36.7 Å². The number of ketones is 1. The number of aromatic carboxylic acids is 2. The summed E-state index contributed by atoms with van der Waals surface area (Å²) in [6.45, 7) is 1.62. The van der Waals surface area contributed by atoms with Crippen molar-refractivity contribution in [1.29, 1.82) is 0 Å². The highest BCUT2D eigenvalue weighted by Gasteiger charge is 2.21. The van der Waals surface area contributed by atoms with E-state index in [1.165, 1.54) is 38.9 Å². The third-order valence-electron chi connectivity index (χ3n) is 10.5. The van der Waals surface area contributed by atoms with Crippen LogP contribution in [0.1, 0.15) is 76.5 Å². The van der Waals surface area contributed by atoms with Gasteiger partial charge in [0.05, 0.1) is 11.1 Å². The maximum Gasteiger partial charge on any atom is 0.335 e. The Bertz CT molecular complexity index is 3000. The van der Waals surface area contributed by atoms with Crippen LogP contribution in [-0.4, -0.2) is 40.1 Å². The SMILES string of the molecule is C1=CNc2ccccc2C=N1.Cc1ccc(C(=O)O)cc1C(=O)O.Cl.O=C(Nc1ccc(C(=O)C2=c3ccc4c(c3CCC2)CC=c2ccccc2=4)cc1)c1cc(Cl)cc(Cl)c1. The number of aliphatic imine (C=N–C) groups is 1. The number of carbonyl (C=O) groups is 4. The average Bonchev–Trinajstić information content (AvgIpc) is 3.52. The Balaban J connectivity index is 0.000000209. The Hall–Kier alpha value is -6.78. The number of anilines is 2. The quantitative estimate of drug-likeness (QED) is 0.122. The molecule has 0 saturated carbocycles. The Morgan fingerprint density at radius 2 is 1.39 bits per heavy atom. The Kier molecular flexibility index (Phi) is 14.6. The van der Waals surface area contributed by atoms with E-state index >= 15 is 0 Å². The number of hydrogen-bond acceptors (Lipinski definition) is 6. The van der Waals surface area contributed by atoms with Crippen molar-refractivity contribution < 1.29 is 29.4 Å². The van der Waals surface area contributed by atoms with Crippen molar-refractivity contribution in [2.45, 2.75) is 32.6 Å². The van der Waals surface area contributed by atoms with Crippen molar-refractivity contribution in [3.63, 3.8) is 0 Å². The van der Waals surface area contributed by atoms with Crippen LogP contribution in [0.4, 0.5) is 11.4 Å². The molecule has 0 aromatic heterocycles. The van der Waals surface area contributed by atoms with Crippen LogP contribution in [0.25, 0.3) is 11.6 Å². The van der Waals surface area contributed by atoms with Gasteiger partial charge in [-0.15, -0.1) is 12.4 Å². The Labute approximate surface area is 373 Å². The van der Waals surface area contributed by atoms with Crippen LogP contribution in [0.5, 0.6) is 0 Å². The Morgan fingerprint density at radius 3 is 2.13 bits per heavy atom. The van der Waals surface area contributed by atoms with E-state index in [0.717, 1.165) is 53.8 Å². The van der Waals surface area contributed by atoms with Gasteiger partial charge in [0.1, 0.15) is 0 Å². The number of carboxylic acids is 2. The second-order valence-electron chi connectivity index (χ2n) is 14.4. The molecule has 1 amide bonds. The predicted octanol–water partition coefficient (Wildman–Crippen LogP) is 10.1. The summed E-state index contributed by atoms with van der Waals surface area (Å²) in [4.78, 5) is 51.4. The molecule has 0 spiro atoms. The van der Waals surface area contributed by atoms with Gasteiger partial charge in [0.2, 0.25) is 0 Å². The van der Waals surface area contributed by atoms with Crippen LogP contribution in [0.3, 0.4) is 0 Å². The molecule has 9 rings (SSSR count). The summed E-state index contributed by atoms with van der Waals surface area (Å²) in [5.74, 6) is -2.51. The molecule has 0 atom stereocenters. The lowest BCUT2D eigenvalue weighted by molar-refractivity contribution is 0.0695. The van der Waals surface area contributed by atoms with E-state index in [2.05, 4.69) is 58.1 Å². The topological polar surface area (TPSA) is 145 Å². The minimum absolute atomic E-state index is 0. The number of carboxylic acid groups (broad SMARTS) is 2. The van der Waals surface area contributed by atoms with Crippen molar-refractivity contribution in [3.8, 4) is 0 Å². The Morgan fingerprint density at radius 1 is 0.694 bits per heavy atom. The first kappa shape index (κ1) is 44.8. The largest absolute Gasteiger partial charge is 0.478 e. The summed E-state index contributed by atoms with van der Waals surface area (Å²) in [5.41, 5.74) is 7.89. The van der Waals surface area contributed by atoms with Gasteiger partial charge in [-0.3, -0.25) is 14.6 Å². The van der Waals surface area contributed by atoms with Gasteiger partial charge in [-0.05, 0) is 131 Å². The molecule has 2 aliphatic carbocycles. The highest BCUT2D eigenvalue weighted by Crippen LogP contribution is 2.25. The molecule has 0 radical (unpaired) electrons. The molecule has 0 bridgehead atoms. The molecule has 9 nitrogen and oxygen atoms in total. The van der Waals surface area contributed by atoms with E-state index in [-0.39, 0.29) is 35.2 Å². The number of Topliss-reactive ketones (excluding diaryl/α,β-unsaturated/α-hetero) is 1. The number of benzene rings is 6. The van der Waals surface area contributed by atoms with Crippen LogP contribution in [0.15, 0.2) is 139 Å². The van der Waals surface area contributed by atoms with Crippen molar-refractivity contribution in [2.24, 2.45) is 4.99 Å². The normalized spacial score (nSPS) is 12.5. The van der Waals surface area contributed by atoms with Gasteiger partial charge < -0.3 is 20.8 Å². The smallest absolute Gasteiger partial charge is 0.335 e. The number of rotatable bonds is 6. The molecule has 6 aromatic rings. The summed E-state index contributed by atoms with van der Waals surface area (Å²) in [6.07, 6.45) is 11.3. The summed E-state index contributed by atoms with van der Waals surface area (Å²) in [6, 6.07) is 36.6. The predicted molar refractivity (Wildman–Crippen MR) is 249 cm³/mol. The first-order valence-corrected chi connectivity index (χ1v) is 20.2. The molecule has 0 unspecified atom stereocenters. The fourth-order valence-corrected chi connectivity index (χ4v) is 8.00. The number of nitrogens with zero attached hydrogens (tertiary/aromatic N) is 1. The molecule has 312 valence electrons. The number of carbonyl (C=O) groups excluding carboxylic acids is 2. The van der Waals surface area contributed by atoms with Gasteiger partial charge in [0.15, 0.2) is 5.78 Å². The summed E-state index contributed by atoms with van der Waals surface area (Å²) < 4.78 is 0. The molecule has 0 fully saturated rings. The maximum absolute atomic E-state index is 13.6. The summed E-state index contributed by atoms with van der Waals surface area (Å²) >= 11 is 12.0. The zero-order chi connectivity index (χ0) is 43.0. The molecule has 1 aliphatic heterocycles. The van der Waals surface area contributed by atoms with E-state index in [0.29, 0.717) is 32.4 Å². The molecule has 12 heteroatoms. The zero-order valence-corrected chi connectivity index (χ0v) is 35.7. The van der Waals surface area contributed by atoms with Crippen LogP contribution >= 0.6 is 35.6 Å². The monoisotopic (exact) mass is 883 g/mol. The van der Waals surface area contributed by atoms with Gasteiger partial charge in [0, 0.05) is 62.3 Å². The van der Waals surface area contributed by atoms with Crippen molar-refractivity contribution in [1.82, 2.24) is 0 Å². The lowest BCUT2D eigenvalue weighted by atomic mass is 9.84. The number of hydrogen-bond donors (Lipinski definition) is 4. The first-order chi connectivity index (χ1) is 29.5. The molecule has 6 aromatic carbocycles. The van der Waals surface area contributed by atoms with Gasteiger partial charge in [0.25, 0.3) is 5.91 Å². The number of nitrogens with one attached hydrogen (secondary N) is 2. The van der Waals surface area contributed by atoms with E-state index < -0.39 is 11.9 Å². The van der Waals surface area contributed by atoms with Crippen LogP contribution in [0, 0.1) is 17.4 Å². The molecule has 0 saturated heterocycles. The third-order valence-corrected chi connectivity index (χ3v) is 10.9. The molecule has 1 heterocycles. The lowest BCUT2D eigenvalue weighted by Gasteiger charge is -2.20. The number of para-hydroxylation sites is 1. The van der Waals surface area contributed by atoms with Crippen molar-refractivity contribution >= 4 is 88.5 Å². The summed E-state index contributed by atoms with van der Waals surface area (Å²) in [7, 11) is 0. The van der Waals surface area contributed by atoms with Crippen LogP contribution in [0.2, 0.25) is 10.0 Å². The van der Waals surface area contributed by atoms with Crippen molar-refractivity contribution in [2.75, 3.05) is 10.6 Å². The van der Waals surface area contributed by atoms with Crippen molar-refractivity contribution in [3.05, 3.63) is 209 Å². The first-order valence-electron chi connectivity index (χ1n) is 19.4. The number of aryl methyl sites for hydroxylation is 1.